The van der Waals surface area contributed by atoms with Crippen molar-refractivity contribution in [3.63, 3.8) is 0 Å². The molecule has 0 saturated heterocycles. The van der Waals surface area contributed by atoms with Crippen LogP contribution in [0.1, 0.15) is 5.56 Å². The Kier molecular flexibility index (Phi) is 4.96. The van der Waals surface area contributed by atoms with E-state index in [1.165, 1.54) is 37.9 Å². The molecule has 0 N–H and O–H groups in total. The van der Waals surface area contributed by atoms with E-state index in [4.69, 9.17) is 16.9 Å². The fraction of sp³-hybridized carbons (Fsp3) is 0. The molecule has 0 atom stereocenters. The normalized spacial score (nSPS) is 11.4. The van der Waals surface area contributed by atoms with E-state index in [0.29, 0.717) is 10.6 Å². The van der Waals surface area contributed by atoms with Crippen LogP contribution in [0.3, 0.4) is 0 Å². The maximum absolute atomic E-state index is 9.12. The molecule has 172 valence electrons. The van der Waals surface area contributed by atoms with E-state index in [1.807, 2.05) is 30.3 Å². The van der Waals surface area contributed by atoms with E-state index < -0.39 is 0 Å². The quantitative estimate of drug-likeness (QED) is 0.226. The number of halogens is 1. The first kappa shape index (κ1) is 21.6. The molecular weight excluding hydrogens is 470 g/mol. The molecule has 0 aromatic heterocycles. The minimum absolute atomic E-state index is 0.660. The van der Waals surface area contributed by atoms with Gasteiger partial charge in [-0.1, -0.05) is 96.5 Å². The van der Waals surface area contributed by atoms with Gasteiger partial charge in [0, 0.05) is 5.02 Å². The summed E-state index contributed by atoms with van der Waals surface area (Å²) in [5.74, 6) is 0. The lowest BCUT2D eigenvalue weighted by atomic mass is 9.89. The topological polar surface area (TPSA) is 23.8 Å². The second-order valence-corrected chi connectivity index (χ2v) is 9.90. The van der Waals surface area contributed by atoms with Crippen molar-refractivity contribution in [3.8, 4) is 39.4 Å². The number of benzene rings is 7. The molecule has 37 heavy (non-hydrogen) atoms. The molecule has 1 nitrogen and oxygen atoms in total. The van der Waals surface area contributed by atoms with Crippen LogP contribution in [0.4, 0.5) is 0 Å². The molecule has 0 bridgehead atoms. The van der Waals surface area contributed by atoms with Gasteiger partial charge in [-0.2, -0.15) is 5.26 Å². The molecule has 0 amide bonds. The zero-order valence-electron chi connectivity index (χ0n) is 19.9. The van der Waals surface area contributed by atoms with Crippen LogP contribution in [0.15, 0.2) is 121 Å². The fourth-order valence-electron chi connectivity index (χ4n) is 5.51. The molecule has 0 aliphatic carbocycles. The maximum Gasteiger partial charge on any atom is 0.0991 e. The predicted octanol–water partition coefficient (Wildman–Crippen LogP) is 10.1. The Morgan fingerprint density at radius 2 is 1.08 bits per heavy atom. The lowest BCUT2D eigenvalue weighted by Crippen LogP contribution is -1.88. The van der Waals surface area contributed by atoms with E-state index in [9.17, 15) is 0 Å². The number of hydrogen-bond acceptors (Lipinski definition) is 1. The summed E-state index contributed by atoms with van der Waals surface area (Å²) in [6.07, 6.45) is 0. The van der Waals surface area contributed by atoms with E-state index in [-0.39, 0.29) is 0 Å². The number of nitriles is 1. The third kappa shape index (κ3) is 3.62. The summed E-state index contributed by atoms with van der Waals surface area (Å²) in [7, 11) is 0. The Balaban J connectivity index is 1.39. The van der Waals surface area contributed by atoms with Gasteiger partial charge >= 0.3 is 0 Å². The second-order valence-electron chi connectivity index (χ2n) is 9.47. The monoisotopic (exact) mass is 489 g/mol. The minimum Gasteiger partial charge on any atom is -0.192 e. The molecule has 0 heterocycles. The van der Waals surface area contributed by atoms with Crippen molar-refractivity contribution in [3.05, 3.63) is 132 Å². The summed E-state index contributed by atoms with van der Waals surface area (Å²) in [4.78, 5) is 0. The summed E-state index contributed by atoms with van der Waals surface area (Å²) in [6, 6.07) is 44.5. The van der Waals surface area contributed by atoms with Crippen molar-refractivity contribution in [2.75, 3.05) is 0 Å². The van der Waals surface area contributed by atoms with Crippen LogP contribution in [-0.4, -0.2) is 0 Å². The van der Waals surface area contributed by atoms with Crippen LogP contribution in [0, 0.1) is 11.3 Å². The van der Waals surface area contributed by atoms with Gasteiger partial charge in [0.15, 0.2) is 0 Å². The van der Waals surface area contributed by atoms with Gasteiger partial charge in [-0.25, -0.2) is 0 Å². The standard InChI is InChI=1S/C35H20ClN/c36-31-19-29(28-6-2-5-27(17-28)23-9-7-22(21-37)8-10-23)18-30(20-31)32-15-13-26-12-11-24-3-1-4-25-14-16-33(32)35(26)34(24)25/h1-20H. The average molecular weight is 490 g/mol. The first-order valence-corrected chi connectivity index (χ1v) is 12.6. The first-order valence-electron chi connectivity index (χ1n) is 12.3. The first-order chi connectivity index (χ1) is 18.2. The van der Waals surface area contributed by atoms with E-state index in [0.717, 1.165) is 27.8 Å². The van der Waals surface area contributed by atoms with Crippen molar-refractivity contribution in [2.24, 2.45) is 0 Å². The van der Waals surface area contributed by atoms with Gasteiger partial charge in [-0.15, -0.1) is 0 Å². The predicted molar refractivity (Wildman–Crippen MR) is 156 cm³/mol. The third-order valence-electron chi connectivity index (χ3n) is 7.28. The van der Waals surface area contributed by atoms with Crippen molar-refractivity contribution >= 4 is 43.9 Å². The number of nitrogens with zero attached hydrogens (tertiary/aromatic N) is 1. The van der Waals surface area contributed by atoms with Crippen LogP contribution in [0.2, 0.25) is 5.02 Å². The van der Waals surface area contributed by atoms with Gasteiger partial charge in [0.05, 0.1) is 11.6 Å². The Morgan fingerprint density at radius 1 is 0.486 bits per heavy atom. The molecule has 7 rings (SSSR count). The number of hydrogen-bond donors (Lipinski definition) is 0. The van der Waals surface area contributed by atoms with Crippen LogP contribution in [0.5, 0.6) is 0 Å². The highest BCUT2D eigenvalue weighted by atomic mass is 35.5. The van der Waals surface area contributed by atoms with Crippen molar-refractivity contribution < 1.29 is 0 Å². The molecular formula is C35H20ClN. The highest BCUT2D eigenvalue weighted by molar-refractivity contribution is 6.31. The molecule has 0 aliphatic rings. The molecule has 7 aromatic rings. The van der Waals surface area contributed by atoms with Crippen molar-refractivity contribution in [1.82, 2.24) is 0 Å². The summed E-state index contributed by atoms with van der Waals surface area (Å²) in [5.41, 5.74) is 7.29. The molecule has 0 radical (unpaired) electrons. The van der Waals surface area contributed by atoms with Crippen LogP contribution < -0.4 is 0 Å². The van der Waals surface area contributed by atoms with Gasteiger partial charge in [-0.3, -0.25) is 0 Å². The summed E-state index contributed by atoms with van der Waals surface area (Å²) >= 11 is 6.71. The van der Waals surface area contributed by atoms with Crippen LogP contribution >= 0.6 is 11.6 Å². The van der Waals surface area contributed by atoms with Gasteiger partial charge < -0.3 is 0 Å². The Morgan fingerprint density at radius 3 is 1.84 bits per heavy atom. The summed E-state index contributed by atoms with van der Waals surface area (Å²) in [5, 5.41) is 17.5. The minimum atomic E-state index is 0.660. The van der Waals surface area contributed by atoms with Gasteiger partial charge in [0.1, 0.15) is 0 Å². The largest absolute Gasteiger partial charge is 0.192 e. The molecule has 7 aromatic carbocycles. The lowest BCUT2D eigenvalue weighted by molar-refractivity contribution is 1.48. The molecule has 0 saturated carbocycles. The highest BCUT2D eigenvalue weighted by Gasteiger charge is 2.13. The molecule has 2 heteroatoms. The summed E-state index contributed by atoms with van der Waals surface area (Å²) < 4.78 is 0. The molecule has 0 unspecified atom stereocenters. The molecule has 0 spiro atoms. The Bertz CT molecular complexity index is 1980. The zero-order valence-corrected chi connectivity index (χ0v) is 20.6. The average Bonchev–Trinajstić information content (AvgIpc) is 2.95. The summed E-state index contributed by atoms with van der Waals surface area (Å²) in [6.45, 7) is 0. The van der Waals surface area contributed by atoms with Crippen molar-refractivity contribution in [1.29, 1.82) is 5.26 Å². The van der Waals surface area contributed by atoms with E-state index in [1.54, 1.807) is 0 Å². The smallest absolute Gasteiger partial charge is 0.0991 e. The van der Waals surface area contributed by atoms with Crippen LogP contribution in [0.25, 0.3) is 65.7 Å². The van der Waals surface area contributed by atoms with Gasteiger partial charge in [-0.05, 0) is 102 Å². The van der Waals surface area contributed by atoms with Gasteiger partial charge in [0.25, 0.3) is 0 Å². The van der Waals surface area contributed by atoms with E-state index in [2.05, 4.69) is 97.1 Å². The maximum atomic E-state index is 9.12. The van der Waals surface area contributed by atoms with Crippen LogP contribution in [-0.2, 0) is 0 Å². The SMILES string of the molecule is N#Cc1ccc(-c2cccc(-c3cc(Cl)cc(-c4ccc5ccc6cccc7ccc4c5c67)c3)c2)cc1. The van der Waals surface area contributed by atoms with Gasteiger partial charge in [0.2, 0.25) is 0 Å². The zero-order chi connectivity index (χ0) is 24.9. The second kappa shape index (κ2) is 8.49. The molecule has 0 aliphatic heterocycles. The molecule has 0 fully saturated rings. The lowest BCUT2D eigenvalue weighted by Gasteiger charge is -2.15. The Labute approximate surface area is 220 Å². The van der Waals surface area contributed by atoms with E-state index >= 15 is 0 Å². The fourth-order valence-corrected chi connectivity index (χ4v) is 5.75. The number of rotatable bonds is 3. The Hall–Kier alpha value is -4.64. The highest BCUT2D eigenvalue weighted by Crippen LogP contribution is 2.41. The van der Waals surface area contributed by atoms with Crippen molar-refractivity contribution in [2.45, 2.75) is 0 Å². The third-order valence-corrected chi connectivity index (χ3v) is 7.50.